The summed E-state index contributed by atoms with van der Waals surface area (Å²) in [5, 5.41) is 8.98. The Morgan fingerprint density at radius 2 is 1.63 bits per heavy atom. The molecular weight excluding hydrogens is 336 g/mol. The molecule has 0 aliphatic carbocycles. The Balaban J connectivity index is 1.83. The van der Waals surface area contributed by atoms with Crippen molar-refractivity contribution in [1.82, 2.24) is 9.55 Å². The van der Waals surface area contributed by atoms with E-state index in [1.807, 2.05) is 12.3 Å². The van der Waals surface area contributed by atoms with E-state index in [1.54, 1.807) is 10.9 Å². The van der Waals surface area contributed by atoms with Gasteiger partial charge in [-0.3, -0.25) is 4.79 Å². The predicted molar refractivity (Wildman–Crippen MR) is 110 cm³/mol. The number of nitrogens with zero attached hydrogens (tertiary/aromatic N) is 2. The zero-order chi connectivity index (χ0) is 19.3. The molecule has 0 saturated carbocycles. The molecule has 27 heavy (non-hydrogen) atoms. The van der Waals surface area contributed by atoms with Gasteiger partial charge in [-0.2, -0.15) is 0 Å². The normalized spacial score (nSPS) is 12.2. The fraction of sp³-hybridized carbons (Fsp3) is 0.565. The molecule has 4 heteroatoms. The molecule has 1 aromatic heterocycles. The maximum absolute atomic E-state index is 10.9. The molecule has 2 aromatic rings. The average molecular weight is 371 g/mol. The van der Waals surface area contributed by atoms with Crippen LogP contribution < -0.4 is 0 Å². The maximum atomic E-state index is 10.9. The molecule has 4 nitrogen and oxygen atoms in total. The molecule has 0 amide bonds. The van der Waals surface area contributed by atoms with E-state index in [2.05, 4.69) is 36.2 Å². The Hall–Kier alpha value is -2.10. The second kappa shape index (κ2) is 12.3. The first-order chi connectivity index (χ1) is 13.2. The second-order valence-electron chi connectivity index (χ2n) is 7.44. The predicted octanol–water partition coefficient (Wildman–Crippen LogP) is 6.02. The van der Waals surface area contributed by atoms with Gasteiger partial charge in [0.05, 0.1) is 12.0 Å². The lowest BCUT2D eigenvalue weighted by molar-refractivity contribution is -0.137. The molecule has 1 atom stereocenters. The van der Waals surface area contributed by atoms with Gasteiger partial charge in [-0.05, 0) is 12.0 Å². The minimum absolute atomic E-state index is 0.0352. The smallest absolute Gasteiger partial charge is 0.323 e. The summed E-state index contributed by atoms with van der Waals surface area (Å²) in [7, 11) is 0. The van der Waals surface area contributed by atoms with Crippen LogP contribution in [0.25, 0.3) is 0 Å². The van der Waals surface area contributed by atoms with Crippen LogP contribution >= 0.6 is 0 Å². The summed E-state index contributed by atoms with van der Waals surface area (Å²) < 4.78 is 1.66. The summed E-state index contributed by atoms with van der Waals surface area (Å²) >= 11 is 0. The average Bonchev–Trinajstić information content (AvgIpc) is 3.11. The van der Waals surface area contributed by atoms with E-state index in [4.69, 9.17) is 5.11 Å². The number of benzene rings is 1. The third-order valence-corrected chi connectivity index (χ3v) is 5.13. The van der Waals surface area contributed by atoms with Gasteiger partial charge in [0, 0.05) is 12.1 Å². The van der Waals surface area contributed by atoms with E-state index in [9.17, 15) is 4.79 Å². The number of hydrogen-bond donors (Lipinski definition) is 1. The number of unbranched alkanes of at least 4 members (excludes halogenated alkanes) is 8. The largest absolute Gasteiger partial charge is 0.480 e. The standard InChI is InChI=1S/C23H34N2O2/c1-2-3-4-5-6-7-8-9-13-16-21(20-14-11-10-12-15-20)22-17-25(19-24-22)18-23(26)27/h10-12,14-15,17,19,21H,2-9,13,16,18H2,1H3,(H,26,27). The molecule has 1 heterocycles. The molecule has 0 aliphatic rings. The molecule has 0 bridgehead atoms. The summed E-state index contributed by atoms with van der Waals surface area (Å²) in [6.07, 6.45) is 16.5. The van der Waals surface area contributed by atoms with Crippen LogP contribution in [0, 0.1) is 0 Å². The van der Waals surface area contributed by atoms with Crippen LogP contribution in [-0.2, 0) is 11.3 Å². The highest BCUT2D eigenvalue weighted by Crippen LogP contribution is 2.29. The Kier molecular flexibility index (Phi) is 9.67. The van der Waals surface area contributed by atoms with Crippen LogP contribution in [0.3, 0.4) is 0 Å². The van der Waals surface area contributed by atoms with Crippen LogP contribution in [0.4, 0.5) is 0 Å². The van der Waals surface area contributed by atoms with Gasteiger partial charge in [0.1, 0.15) is 6.54 Å². The SMILES string of the molecule is CCCCCCCCCCCC(c1ccccc1)c1cn(CC(=O)O)cn1. The highest BCUT2D eigenvalue weighted by atomic mass is 16.4. The van der Waals surface area contributed by atoms with Crippen LogP contribution in [0.5, 0.6) is 0 Å². The van der Waals surface area contributed by atoms with E-state index in [0.29, 0.717) is 0 Å². The third-order valence-electron chi connectivity index (χ3n) is 5.13. The maximum Gasteiger partial charge on any atom is 0.323 e. The van der Waals surface area contributed by atoms with Gasteiger partial charge in [0.25, 0.3) is 0 Å². The number of aliphatic carboxylic acids is 1. The first-order valence-electron chi connectivity index (χ1n) is 10.5. The Morgan fingerprint density at radius 3 is 2.26 bits per heavy atom. The Bertz CT molecular complexity index is 651. The summed E-state index contributed by atoms with van der Waals surface area (Å²) in [4.78, 5) is 15.4. The van der Waals surface area contributed by atoms with Crippen molar-refractivity contribution < 1.29 is 9.90 Å². The van der Waals surface area contributed by atoms with Gasteiger partial charge >= 0.3 is 5.97 Å². The minimum Gasteiger partial charge on any atom is -0.480 e. The van der Waals surface area contributed by atoms with Crippen molar-refractivity contribution in [3.8, 4) is 0 Å². The number of rotatable bonds is 14. The van der Waals surface area contributed by atoms with Crippen LogP contribution in [0.2, 0.25) is 0 Å². The number of hydrogen-bond acceptors (Lipinski definition) is 2. The number of carboxylic acids is 1. The van der Waals surface area contributed by atoms with Crippen LogP contribution in [0.1, 0.15) is 88.3 Å². The first-order valence-corrected chi connectivity index (χ1v) is 10.5. The molecule has 2 rings (SSSR count). The molecule has 1 unspecified atom stereocenters. The van der Waals surface area contributed by atoms with Crippen LogP contribution in [0.15, 0.2) is 42.9 Å². The second-order valence-corrected chi connectivity index (χ2v) is 7.44. The summed E-state index contributed by atoms with van der Waals surface area (Å²) in [6, 6.07) is 10.4. The molecule has 0 fully saturated rings. The summed E-state index contributed by atoms with van der Waals surface area (Å²) in [6.45, 7) is 2.22. The van der Waals surface area contributed by atoms with E-state index in [-0.39, 0.29) is 12.5 Å². The van der Waals surface area contributed by atoms with Gasteiger partial charge < -0.3 is 9.67 Å². The van der Waals surface area contributed by atoms with E-state index in [1.165, 1.54) is 63.4 Å². The first kappa shape index (κ1) is 21.2. The molecular formula is C23H34N2O2. The molecule has 1 N–H and O–H groups in total. The van der Waals surface area contributed by atoms with E-state index >= 15 is 0 Å². The minimum atomic E-state index is -0.839. The van der Waals surface area contributed by atoms with Gasteiger partial charge in [0.2, 0.25) is 0 Å². The molecule has 0 aliphatic heterocycles. The van der Waals surface area contributed by atoms with Crippen molar-refractivity contribution in [2.75, 3.05) is 0 Å². The monoisotopic (exact) mass is 370 g/mol. The fourth-order valence-corrected chi connectivity index (χ4v) is 3.63. The van der Waals surface area contributed by atoms with Crippen LogP contribution in [-0.4, -0.2) is 20.6 Å². The zero-order valence-electron chi connectivity index (χ0n) is 16.6. The quantitative estimate of drug-likeness (QED) is 0.414. The topological polar surface area (TPSA) is 55.1 Å². The highest BCUT2D eigenvalue weighted by Gasteiger charge is 2.17. The highest BCUT2D eigenvalue weighted by molar-refractivity contribution is 5.66. The van der Waals surface area contributed by atoms with Gasteiger partial charge in [-0.25, -0.2) is 4.98 Å². The van der Waals surface area contributed by atoms with Gasteiger partial charge in [-0.15, -0.1) is 0 Å². The Morgan fingerprint density at radius 1 is 1.00 bits per heavy atom. The number of carbonyl (C=O) groups is 1. The molecule has 0 radical (unpaired) electrons. The summed E-state index contributed by atoms with van der Waals surface area (Å²) in [5.74, 6) is -0.597. The number of imidazole rings is 1. The van der Waals surface area contributed by atoms with Crippen molar-refractivity contribution in [1.29, 1.82) is 0 Å². The lowest BCUT2D eigenvalue weighted by Crippen LogP contribution is -2.07. The van der Waals surface area contributed by atoms with E-state index < -0.39 is 5.97 Å². The molecule has 0 spiro atoms. The summed E-state index contributed by atoms with van der Waals surface area (Å²) in [5.41, 5.74) is 2.24. The number of aromatic nitrogens is 2. The van der Waals surface area contributed by atoms with Crippen molar-refractivity contribution in [2.45, 2.75) is 83.6 Å². The van der Waals surface area contributed by atoms with Gasteiger partial charge in [0.15, 0.2) is 0 Å². The molecule has 1 aromatic carbocycles. The lowest BCUT2D eigenvalue weighted by Gasteiger charge is -2.15. The fourth-order valence-electron chi connectivity index (χ4n) is 3.63. The number of carboxylic acid groups (broad SMARTS) is 1. The third kappa shape index (κ3) is 7.98. The van der Waals surface area contributed by atoms with E-state index in [0.717, 1.165) is 12.1 Å². The molecule has 0 saturated heterocycles. The Labute approximate surface area is 163 Å². The lowest BCUT2D eigenvalue weighted by atomic mass is 9.90. The van der Waals surface area contributed by atoms with Crippen molar-refractivity contribution in [3.05, 3.63) is 54.1 Å². The zero-order valence-corrected chi connectivity index (χ0v) is 16.6. The van der Waals surface area contributed by atoms with Crippen molar-refractivity contribution >= 4 is 5.97 Å². The molecule has 148 valence electrons. The van der Waals surface area contributed by atoms with Gasteiger partial charge in [-0.1, -0.05) is 95.0 Å². The van der Waals surface area contributed by atoms with Crippen molar-refractivity contribution in [2.24, 2.45) is 0 Å². The van der Waals surface area contributed by atoms with Crippen molar-refractivity contribution in [3.63, 3.8) is 0 Å².